The van der Waals surface area contributed by atoms with Gasteiger partial charge in [0.05, 0.1) is 0 Å². The third-order valence-corrected chi connectivity index (χ3v) is 6.41. The first-order valence-corrected chi connectivity index (χ1v) is 14.4. The normalized spacial score (nSPS) is 13.4. The van der Waals surface area contributed by atoms with E-state index < -0.39 is 0 Å². The van der Waals surface area contributed by atoms with Gasteiger partial charge in [0.2, 0.25) is 0 Å². The van der Waals surface area contributed by atoms with Gasteiger partial charge in [-0.25, -0.2) is 0 Å². The Kier molecular flexibility index (Phi) is 18.4. The average molecular weight is 713 g/mol. The van der Waals surface area contributed by atoms with Crippen molar-refractivity contribution in [2.75, 3.05) is 13.2 Å². The predicted octanol–water partition coefficient (Wildman–Crippen LogP) is 10.2. The van der Waals surface area contributed by atoms with Crippen LogP contribution in [-0.2, 0) is 25.8 Å². The predicted molar refractivity (Wildman–Crippen MR) is 175 cm³/mol. The van der Waals surface area contributed by atoms with Gasteiger partial charge < -0.3 is 10.1 Å². The van der Waals surface area contributed by atoms with Gasteiger partial charge in [-0.1, -0.05) is 81.8 Å². The zero-order valence-corrected chi connectivity index (χ0v) is 29.1. The molecule has 0 spiro atoms. The standard InChI is InChI=1S/C17H26NO.3C7H7.Hf/c1-12(2)15-8-5-9-16(13(3)4)17(15)18-11-14-7-6-10-19-14;3*1-7-5-3-2-4-6-7;/h5,8-9,12-14H,6-7,10-11H2,1-4H3;3*2-6H,1H2;/q4*-1;/p+1. The molecule has 1 saturated heterocycles. The Morgan fingerprint density at radius 2 is 1.02 bits per heavy atom. The molecule has 0 radical (unpaired) electrons. The third kappa shape index (κ3) is 15.1. The van der Waals surface area contributed by atoms with Crippen LogP contribution in [0.15, 0.2) is 109 Å². The average Bonchev–Trinajstić information content (AvgIpc) is 3.48. The molecule has 1 unspecified atom stereocenters. The van der Waals surface area contributed by atoms with Crippen molar-refractivity contribution in [2.24, 2.45) is 0 Å². The van der Waals surface area contributed by atoms with Crippen LogP contribution in [0.25, 0.3) is 5.32 Å². The molecule has 4 aromatic rings. The second-order valence-corrected chi connectivity index (χ2v) is 10.6. The largest absolute Gasteiger partial charge is 0.678 e. The van der Waals surface area contributed by atoms with E-state index in [-0.39, 0.29) is 25.8 Å². The molecule has 218 valence electrons. The molecule has 4 aromatic carbocycles. The molecule has 2 nitrogen and oxygen atoms in total. The van der Waals surface area contributed by atoms with E-state index in [1.165, 1.54) is 29.7 Å². The van der Waals surface area contributed by atoms with Gasteiger partial charge >= 0.3 is 0 Å². The van der Waals surface area contributed by atoms with Gasteiger partial charge in [-0.05, 0) is 11.8 Å². The van der Waals surface area contributed by atoms with E-state index in [9.17, 15) is 0 Å². The molecule has 0 aliphatic carbocycles. The minimum atomic E-state index is 0. The molecule has 1 fully saturated rings. The molecule has 0 aromatic heterocycles. The van der Waals surface area contributed by atoms with Crippen molar-refractivity contribution in [1.82, 2.24) is 0 Å². The first kappa shape index (κ1) is 36.1. The van der Waals surface area contributed by atoms with Crippen LogP contribution in [-0.4, -0.2) is 24.0 Å². The third-order valence-electron chi connectivity index (χ3n) is 6.41. The summed E-state index contributed by atoms with van der Waals surface area (Å²) in [7, 11) is 0. The van der Waals surface area contributed by atoms with Crippen molar-refractivity contribution in [2.45, 2.75) is 58.5 Å². The molecule has 1 atom stereocenters. The molecular formula is C38H48HfNO-3. The maximum atomic E-state index is 4.94. The summed E-state index contributed by atoms with van der Waals surface area (Å²) in [4.78, 5) is 0. The number of nitrogens with zero attached hydrogens (tertiary/aromatic N) is 1. The molecule has 1 aliphatic rings. The summed E-state index contributed by atoms with van der Waals surface area (Å²) in [6.45, 7) is 22.1. The molecule has 1 aliphatic heterocycles. The number of benzene rings is 4. The van der Waals surface area contributed by atoms with E-state index >= 15 is 0 Å². The maximum Gasteiger partial charge on any atom is 0.145 e. The van der Waals surface area contributed by atoms with Gasteiger partial charge in [0.15, 0.2) is 0 Å². The van der Waals surface area contributed by atoms with Crippen molar-refractivity contribution >= 4 is 5.69 Å². The van der Waals surface area contributed by atoms with E-state index in [0.29, 0.717) is 17.9 Å². The summed E-state index contributed by atoms with van der Waals surface area (Å²) in [5.41, 5.74) is 7.20. The van der Waals surface area contributed by atoms with Gasteiger partial charge in [0.25, 0.3) is 0 Å². The Labute approximate surface area is 269 Å². The molecule has 41 heavy (non-hydrogen) atoms. The van der Waals surface area contributed by atoms with Crippen molar-refractivity contribution in [3.63, 3.8) is 0 Å². The van der Waals surface area contributed by atoms with Gasteiger partial charge in [-0.15, -0.1) is 42.1 Å². The number of para-hydroxylation sites is 1. The molecule has 1 N–H and O–H groups in total. The Hall–Kier alpha value is -2.88. The molecule has 1 heterocycles. The number of rotatable bonds is 5. The summed E-state index contributed by atoms with van der Waals surface area (Å²) in [5.74, 6) is 1.05. The Morgan fingerprint density at radius 3 is 1.29 bits per heavy atom. The first-order valence-electron chi connectivity index (χ1n) is 14.4. The molecular weight excluding hydrogens is 665 g/mol. The van der Waals surface area contributed by atoms with E-state index in [1.807, 2.05) is 91.0 Å². The van der Waals surface area contributed by atoms with Crippen LogP contribution in [0, 0.1) is 20.8 Å². The quantitative estimate of drug-likeness (QED) is 0.112. The van der Waals surface area contributed by atoms with Crippen LogP contribution >= 0.6 is 0 Å². The van der Waals surface area contributed by atoms with Crippen molar-refractivity contribution in [1.29, 1.82) is 0 Å². The first-order chi connectivity index (χ1) is 19.3. The monoisotopic (exact) mass is 714 g/mol. The van der Waals surface area contributed by atoms with Crippen LogP contribution in [0.2, 0.25) is 0 Å². The van der Waals surface area contributed by atoms with Crippen LogP contribution in [0.3, 0.4) is 0 Å². The second-order valence-electron chi connectivity index (χ2n) is 10.6. The van der Waals surface area contributed by atoms with E-state index in [1.54, 1.807) is 0 Å². The summed E-state index contributed by atoms with van der Waals surface area (Å²) in [6, 6.07) is 36.2. The Balaban J connectivity index is 0.000000313. The number of ether oxygens (including phenoxy) is 1. The summed E-state index contributed by atoms with van der Waals surface area (Å²) in [5, 5.41) is 4.94. The molecule has 5 rings (SSSR count). The van der Waals surface area contributed by atoms with Crippen molar-refractivity contribution < 1.29 is 30.6 Å². The summed E-state index contributed by atoms with van der Waals surface area (Å²) >= 11 is 0. The molecule has 3 heteroatoms. The minimum Gasteiger partial charge on any atom is -0.678 e. The van der Waals surface area contributed by atoms with Crippen molar-refractivity contribution in [3.05, 3.63) is 163 Å². The van der Waals surface area contributed by atoms with Crippen LogP contribution in [0.5, 0.6) is 0 Å². The number of aliphatic hydroxyl groups is 2. The molecule has 0 bridgehead atoms. The zero-order chi connectivity index (χ0) is 29.2. The number of hydrogen-bond acceptors (Lipinski definition) is 0. The van der Waals surface area contributed by atoms with Gasteiger partial charge in [-0.3, -0.25) is 0 Å². The fraction of sp³-hybridized carbons (Fsp3) is 0.289. The fourth-order valence-electron chi connectivity index (χ4n) is 4.17. The van der Waals surface area contributed by atoms with Gasteiger partial charge in [0, 0.05) is 38.7 Å². The van der Waals surface area contributed by atoms with E-state index in [2.05, 4.69) is 71.4 Å². The molecule has 0 saturated carbocycles. The van der Waals surface area contributed by atoms with E-state index in [0.717, 1.165) is 29.8 Å². The number of hydrogen-bond donors (Lipinski definition) is 0. The Bertz CT molecular complexity index is 1060. The zero-order valence-electron chi connectivity index (χ0n) is 25.5. The smallest absolute Gasteiger partial charge is 0.145 e. The summed E-state index contributed by atoms with van der Waals surface area (Å²) < 4.78 is 4.61. The second kappa shape index (κ2) is 20.9. The Morgan fingerprint density at radius 1 is 0.634 bits per heavy atom. The topological polar surface area (TPSA) is 26.9 Å². The van der Waals surface area contributed by atoms with Gasteiger partial charge in [-0.2, -0.15) is 73.9 Å². The van der Waals surface area contributed by atoms with Crippen LogP contribution in [0.1, 0.15) is 80.2 Å². The van der Waals surface area contributed by atoms with Gasteiger partial charge in [0.1, 0.15) is 12.7 Å². The maximum absolute atomic E-state index is 4.94. The van der Waals surface area contributed by atoms with Crippen LogP contribution in [0.4, 0.5) is 5.69 Å². The molecule has 0 amide bonds. The van der Waals surface area contributed by atoms with E-state index in [4.69, 9.17) is 5.32 Å². The SMILES string of the molecule is CC(C)c1cccc(C(C)C)c1[N-]CC1CCC[OH+]1.[CH2-]c1ccccc1.[CH2-]c1ccccc1.[CH2-]c1ccccc1.[Hf]. The fourth-order valence-corrected chi connectivity index (χ4v) is 4.17. The van der Waals surface area contributed by atoms with Crippen LogP contribution < -0.4 is 0 Å². The summed E-state index contributed by atoms with van der Waals surface area (Å²) in [6.07, 6.45) is 2.91. The minimum absolute atomic E-state index is 0. The van der Waals surface area contributed by atoms with Crippen molar-refractivity contribution in [3.8, 4) is 0 Å².